The number of fused-ring (bicyclic) bond motifs is 3. The average molecular weight is 386 g/mol. The lowest BCUT2D eigenvalue weighted by Crippen LogP contribution is -2.30. The number of nitrogens with two attached hydrogens (primary N) is 1. The molecule has 8 nitrogen and oxygen atoms in total. The first-order valence-electron chi connectivity index (χ1n) is 8.45. The molecule has 2 aliphatic rings. The molecular weight excluding hydrogens is 368 g/mol. The Bertz CT molecular complexity index is 1050. The summed E-state index contributed by atoms with van der Waals surface area (Å²) in [5.41, 5.74) is 7.01. The van der Waals surface area contributed by atoms with Gasteiger partial charge in [-0.3, -0.25) is 0 Å². The van der Waals surface area contributed by atoms with Gasteiger partial charge in [0.2, 0.25) is 0 Å². The van der Waals surface area contributed by atoms with E-state index in [0.29, 0.717) is 35.9 Å². The second kappa shape index (κ2) is 6.58. The van der Waals surface area contributed by atoms with Crippen molar-refractivity contribution in [2.45, 2.75) is 24.2 Å². The number of benzene rings is 2. The monoisotopic (exact) mass is 386 g/mol. The van der Waals surface area contributed by atoms with E-state index in [1.807, 2.05) is 4.90 Å². The fourth-order valence-corrected chi connectivity index (χ4v) is 4.52. The van der Waals surface area contributed by atoms with Crippen LogP contribution in [0.15, 0.2) is 56.9 Å². The third-order valence-electron chi connectivity index (χ3n) is 4.49. The topological polar surface area (TPSA) is 118 Å². The van der Waals surface area contributed by atoms with E-state index < -0.39 is 10.0 Å². The number of hydrogen-bond acceptors (Lipinski definition) is 6. The molecule has 0 bridgehead atoms. The molecule has 0 aliphatic carbocycles. The summed E-state index contributed by atoms with van der Waals surface area (Å²) in [6.45, 7) is 0.767. The molecule has 9 heteroatoms. The molecule has 2 heterocycles. The van der Waals surface area contributed by atoms with Crippen molar-refractivity contribution < 1.29 is 18.4 Å². The van der Waals surface area contributed by atoms with E-state index in [1.165, 1.54) is 6.07 Å². The molecule has 0 aromatic heterocycles. The SMILES string of the molecule is NC(Cc1ccc(Oc2ccc3c(c2)S(=O)(=O)N=C2CCCN23)cc1)=NO. The molecule has 0 radical (unpaired) electrons. The molecule has 0 saturated carbocycles. The lowest BCUT2D eigenvalue weighted by Gasteiger charge is -2.25. The van der Waals surface area contributed by atoms with E-state index in [1.54, 1.807) is 36.4 Å². The Hall–Kier alpha value is -3.07. The maximum Gasteiger partial charge on any atom is 0.286 e. The Morgan fingerprint density at radius 3 is 2.70 bits per heavy atom. The third-order valence-corrected chi connectivity index (χ3v) is 5.83. The number of ether oxygens (including phenoxy) is 1. The molecule has 1 saturated heterocycles. The summed E-state index contributed by atoms with van der Waals surface area (Å²) < 4.78 is 34.7. The quantitative estimate of drug-likeness (QED) is 0.361. The maximum atomic E-state index is 12.5. The van der Waals surface area contributed by atoms with Gasteiger partial charge in [0.15, 0.2) is 0 Å². The van der Waals surface area contributed by atoms with Crippen LogP contribution in [-0.4, -0.2) is 31.8 Å². The van der Waals surface area contributed by atoms with Crippen molar-refractivity contribution >= 4 is 27.4 Å². The Morgan fingerprint density at radius 1 is 1.22 bits per heavy atom. The predicted molar refractivity (Wildman–Crippen MR) is 101 cm³/mol. The normalized spacial score (nSPS) is 17.9. The van der Waals surface area contributed by atoms with Gasteiger partial charge in [-0.05, 0) is 36.2 Å². The highest BCUT2D eigenvalue weighted by molar-refractivity contribution is 7.90. The van der Waals surface area contributed by atoms with Crippen molar-refractivity contribution in [1.29, 1.82) is 0 Å². The minimum Gasteiger partial charge on any atom is -0.457 e. The number of oxime groups is 1. The first-order valence-corrected chi connectivity index (χ1v) is 9.89. The lowest BCUT2D eigenvalue weighted by atomic mass is 10.1. The number of rotatable bonds is 4. The van der Waals surface area contributed by atoms with Gasteiger partial charge in [-0.2, -0.15) is 8.42 Å². The second-order valence-electron chi connectivity index (χ2n) is 6.38. The zero-order valence-corrected chi connectivity index (χ0v) is 15.2. The molecule has 0 spiro atoms. The van der Waals surface area contributed by atoms with Crippen molar-refractivity contribution in [2.75, 3.05) is 11.4 Å². The van der Waals surface area contributed by atoms with Crippen molar-refractivity contribution in [3.63, 3.8) is 0 Å². The van der Waals surface area contributed by atoms with Gasteiger partial charge in [-0.1, -0.05) is 17.3 Å². The molecule has 1 fully saturated rings. The number of hydrogen-bond donors (Lipinski definition) is 2. The number of amidine groups is 2. The van der Waals surface area contributed by atoms with E-state index >= 15 is 0 Å². The highest BCUT2D eigenvalue weighted by atomic mass is 32.2. The Kier molecular flexibility index (Phi) is 4.23. The fourth-order valence-electron chi connectivity index (χ4n) is 3.25. The first-order chi connectivity index (χ1) is 13.0. The van der Waals surface area contributed by atoms with Gasteiger partial charge < -0.3 is 20.6 Å². The van der Waals surface area contributed by atoms with Crippen LogP contribution in [0.3, 0.4) is 0 Å². The number of anilines is 1. The Balaban J connectivity index is 1.59. The summed E-state index contributed by atoms with van der Waals surface area (Å²) in [6, 6.07) is 12.1. The molecule has 4 rings (SSSR count). The van der Waals surface area contributed by atoms with Gasteiger partial charge in [0.05, 0.1) is 5.69 Å². The van der Waals surface area contributed by atoms with Crippen LogP contribution >= 0.6 is 0 Å². The van der Waals surface area contributed by atoms with Crippen LogP contribution in [0.2, 0.25) is 0 Å². The van der Waals surface area contributed by atoms with Crippen molar-refractivity contribution in [3.8, 4) is 11.5 Å². The molecular formula is C18H18N4O4S. The molecule has 0 amide bonds. The summed E-state index contributed by atoms with van der Waals surface area (Å²) >= 11 is 0. The van der Waals surface area contributed by atoms with Crippen LogP contribution in [0.4, 0.5) is 5.69 Å². The van der Waals surface area contributed by atoms with Crippen LogP contribution in [0.25, 0.3) is 0 Å². The molecule has 2 aromatic rings. The van der Waals surface area contributed by atoms with E-state index in [4.69, 9.17) is 15.7 Å². The number of sulfonamides is 1. The minimum absolute atomic E-state index is 0.116. The summed E-state index contributed by atoms with van der Waals surface area (Å²) in [4.78, 5) is 2.11. The smallest absolute Gasteiger partial charge is 0.286 e. The van der Waals surface area contributed by atoms with Gasteiger partial charge >= 0.3 is 0 Å². The van der Waals surface area contributed by atoms with E-state index in [9.17, 15) is 8.42 Å². The predicted octanol–water partition coefficient (Wildman–Crippen LogP) is 2.47. The van der Waals surface area contributed by atoms with Crippen LogP contribution in [0.1, 0.15) is 18.4 Å². The van der Waals surface area contributed by atoms with E-state index in [2.05, 4.69) is 9.55 Å². The molecule has 3 N–H and O–H groups in total. The van der Waals surface area contributed by atoms with Gasteiger partial charge in [0.25, 0.3) is 10.0 Å². The van der Waals surface area contributed by atoms with Crippen LogP contribution in [0.5, 0.6) is 11.5 Å². The molecule has 2 aliphatic heterocycles. The molecule has 140 valence electrons. The van der Waals surface area contributed by atoms with Crippen molar-refractivity contribution in [2.24, 2.45) is 15.3 Å². The van der Waals surface area contributed by atoms with Gasteiger partial charge in [-0.15, -0.1) is 4.40 Å². The molecule has 2 aromatic carbocycles. The summed E-state index contributed by atoms with van der Waals surface area (Å²) in [6.07, 6.45) is 1.89. The second-order valence-corrected chi connectivity index (χ2v) is 7.95. The molecule has 0 atom stereocenters. The first kappa shape index (κ1) is 17.3. The Labute approximate surface area is 156 Å². The average Bonchev–Trinajstić information content (AvgIpc) is 3.11. The molecule has 27 heavy (non-hydrogen) atoms. The summed E-state index contributed by atoms with van der Waals surface area (Å²) in [7, 11) is -3.72. The number of nitrogens with zero attached hydrogens (tertiary/aromatic N) is 3. The lowest BCUT2D eigenvalue weighted by molar-refractivity contribution is 0.317. The Morgan fingerprint density at radius 2 is 1.96 bits per heavy atom. The fraction of sp³-hybridized carbons (Fsp3) is 0.222. The van der Waals surface area contributed by atoms with Crippen LogP contribution in [-0.2, 0) is 16.4 Å². The standard InChI is InChI=1S/C18H18N4O4S/c19-17(20-23)10-12-3-5-13(6-4-12)26-14-7-8-15-16(11-14)27(24,25)21-18-2-1-9-22(15)18/h3-8,11,23H,1-2,9-10H2,(H2,19,20). The van der Waals surface area contributed by atoms with E-state index in [0.717, 1.165) is 18.5 Å². The van der Waals surface area contributed by atoms with Gasteiger partial charge in [0.1, 0.15) is 28.1 Å². The summed E-state index contributed by atoms with van der Waals surface area (Å²) in [5.74, 6) is 1.69. The van der Waals surface area contributed by atoms with Crippen LogP contribution < -0.4 is 15.4 Å². The minimum atomic E-state index is -3.72. The highest BCUT2D eigenvalue weighted by Crippen LogP contribution is 2.38. The van der Waals surface area contributed by atoms with Gasteiger partial charge in [-0.25, -0.2) is 0 Å². The largest absolute Gasteiger partial charge is 0.457 e. The maximum absolute atomic E-state index is 12.5. The highest BCUT2D eigenvalue weighted by Gasteiger charge is 2.33. The molecule has 0 unspecified atom stereocenters. The van der Waals surface area contributed by atoms with Crippen LogP contribution in [0, 0.1) is 0 Å². The zero-order chi connectivity index (χ0) is 19.0. The van der Waals surface area contributed by atoms with Crippen molar-refractivity contribution in [1.82, 2.24) is 0 Å². The van der Waals surface area contributed by atoms with Gasteiger partial charge in [0, 0.05) is 25.5 Å². The van der Waals surface area contributed by atoms with Crippen molar-refractivity contribution in [3.05, 3.63) is 48.0 Å². The zero-order valence-electron chi connectivity index (χ0n) is 14.4. The summed E-state index contributed by atoms with van der Waals surface area (Å²) in [5, 5.41) is 11.6. The van der Waals surface area contributed by atoms with E-state index in [-0.39, 0.29) is 10.7 Å². The third kappa shape index (κ3) is 3.33.